The van der Waals surface area contributed by atoms with Crippen LogP contribution in [-0.2, 0) is 9.84 Å². The molecule has 1 aromatic carbocycles. The molecule has 0 aliphatic heterocycles. The topological polar surface area (TPSA) is 130 Å². The summed E-state index contributed by atoms with van der Waals surface area (Å²) in [6, 6.07) is 4.80. The van der Waals surface area contributed by atoms with E-state index in [-0.39, 0.29) is 17.0 Å². The minimum absolute atomic E-state index is 0.178. The molecule has 19 heavy (non-hydrogen) atoms. The van der Waals surface area contributed by atoms with Crippen LogP contribution in [0, 0.1) is 10.1 Å². The molecule has 0 fully saturated rings. The normalized spacial score (nSPS) is 14.1. The van der Waals surface area contributed by atoms with E-state index >= 15 is 0 Å². The highest BCUT2D eigenvalue weighted by Gasteiger charge is 2.28. The lowest BCUT2D eigenvalue weighted by Crippen LogP contribution is -2.33. The Hall–Kier alpha value is -2.00. The predicted molar refractivity (Wildman–Crippen MR) is 67.1 cm³/mol. The monoisotopic (exact) mass is 288 g/mol. The van der Waals surface area contributed by atoms with Crippen molar-refractivity contribution < 1.29 is 23.7 Å². The van der Waals surface area contributed by atoms with Gasteiger partial charge in [0.05, 0.1) is 11.5 Å². The van der Waals surface area contributed by atoms with Crippen molar-refractivity contribution in [3.8, 4) is 0 Å². The fourth-order valence-corrected chi connectivity index (χ4v) is 2.35. The van der Waals surface area contributed by atoms with E-state index in [9.17, 15) is 18.5 Å². The Kier molecular flexibility index (Phi) is 4.57. The number of nitrogens with zero attached hydrogens (tertiary/aromatic N) is 2. The molecular formula is C10H12N2O6S. The second kappa shape index (κ2) is 5.76. The number of hydrogen-bond donors (Lipinski definition) is 2. The van der Waals surface area contributed by atoms with Crippen molar-refractivity contribution in [1.82, 2.24) is 0 Å². The molecule has 2 N–H and O–H groups in total. The second-order valence-electron chi connectivity index (χ2n) is 3.79. The van der Waals surface area contributed by atoms with Gasteiger partial charge in [-0.05, 0) is 12.1 Å². The first-order valence-electron chi connectivity index (χ1n) is 5.07. The Bertz CT molecular complexity index is 593. The van der Waals surface area contributed by atoms with Crippen molar-refractivity contribution in [2.24, 2.45) is 5.16 Å². The highest BCUT2D eigenvalue weighted by atomic mass is 32.2. The van der Waals surface area contributed by atoms with Crippen molar-refractivity contribution in [3.63, 3.8) is 0 Å². The fourth-order valence-electron chi connectivity index (χ4n) is 1.49. The van der Waals surface area contributed by atoms with Gasteiger partial charge in [0.25, 0.3) is 5.69 Å². The third kappa shape index (κ3) is 3.48. The first-order chi connectivity index (χ1) is 8.81. The minimum atomic E-state index is -3.68. The Morgan fingerprint density at radius 2 is 1.95 bits per heavy atom. The van der Waals surface area contributed by atoms with Gasteiger partial charge in [0, 0.05) is 24.0 Å². The number of non-ortho nitro benzene ring substituents is 1. The molecular weight excluding hydrogens is 276 g/mol. The number of aliphatic hydroxyl groups is 1. The van der Waals surface area contributed by atoms with Gasteiger partial charge in [0.2, 0.25) is 0 Å². The standard InChI is InChI=1S/C10H12N2O6S/c1-19(17,18)9(6-13)10(11-14)7-2-4-8(5-3-7)12(15)16/h2-5,9,13-14H,6H2,1H3/b11-10-/t9-/m1/s1. The van der Waals surface area contributed by atoms with E-state index in [2.05, 4.69) is 5.16 Å². The van der Waals surface area contributed by atoms with Crippen molar-refractivity contribution in [2.45, 2.75) is 5.25 Å². The summed E-state index contributed by atoms with van der Waals surface area (Å²) < 4.78 is 22.9. The van der Waals surface area contributed by atoms with Crippen LogP contribution < -0.4 is 0 Å². The summed E-state index contributed by atoms with van der Waals surface area (Å²) in [5, 5.41) is 30.0. The van der Waals surface area contributed by atoms with E-state index in [1.54, 1.807) is 0 Å². The molecule has 0 radical (unpaired) electrons. The molecule has 1 atom stereocenters. The maximum absolute atomic E-state index is 11.5. The van der Waals surface area contributed by atoms with Crippen LogP contribution in [0.15, 0.2) is 29.4 Å². The van der Waals surface area contributed by atoms with Crippen LogP contribution in [0.2, 0.25) is 0 Å². The van der Waals surface area contributed by atoms with Gasteiger partial charge in [0.1, 0.15) is 11.0 Å². The van der Waals surface area contributed by atoms with Crippen molar-refractivity contribution in [2.75, 3.05) is 12.9 Å². The quantitative estimate of drug-likeness (QED) is 0.344. The highest BCUT2D eigenvalue weighted by molar-refractivity contribution is 7.92. The highest BCUT2D eigenvalue weighted by Crippen LogP contribution is 2.16. The summed E-state index contributed by atoms with van der Waals surface area (Å²) >= 11 is 0. The third-order valence-corrected chi connectivity index (χ3v) is 3.88. The van der Waals surface area contributed by atoms with Gasteiger partial charge in [-0.1, -0.05) is 5.16 Å². The predicted octanol–water partition coefficient (Wildman–Crippen LogP) is 0.179. The molecule has 0 bridgehead atoms. The van der Waals surface area contributed by atoms with Crippen LogP contribution in [-0.4, -0.2) is 47.5 Å². The summed E-state index contributed by atoms with van der Waals surface area (Å²) in [6.45, 7) is -0.755. The molecule has 0 aliphatic carbocycles. The molecule has 0 unspecified atom stereocenters. The Balaban J connectivity index is 3.21. The number of rotatable bonds is 5. The van der Waals surface area contributed by atoms with Gasteiger partial charge in [-0.15, -0.1) is 0 Å². The van der Waals surface area contributed by atoms with E-state index in [1.807, 2.05) is 0 Å². The lowest BCUT2D eigenvalue weighted by atomic mass is 10.1. The zero-order valence-electron chi connectivity index (χ0n) is 9.92. The third-order valence-electron chi connectivity index (χ3n) is 2.47. The van der Waals surface area contributed by atoms with Crippen LogP contribution in [0.25, 0.3) is 0 Å². The summed E-state index contributed by atoms with van der Waals surface area (Å²) in [7, 11) is -3.68. The van der Waals surface area contributed by atoms with Crippen LogP contribution >= 0.6 is 0 Å². The lowest BCUT2D eigenvalue weighted by Gasteiger charge is -2.13. The largest absolute Gasteiger partial charge is 0.411 e. The zero-order chi connectivity index (χ0) is 14.6. The van der Waals surface area contributed by atoms with Crippen molar-refractivity contribution >= 4 is 21.2 Å². The number of nitro groups is 1. The van der Waals surface area contributed by atoms with Gasteiger partial charge in [0.15, 0.2) is 9.84 Å². The molecule has 0 saturated heterocycles. The minimum Gasteiger partial charge on any atom is -0.411 e. The Morgan fingerprint density at radius 3 is 2.26 bits per heavy atom. The van der Waals surface area contributed by atoms with E-state index in [0.29, 0.717) is 0 Å². The van der Waals surface area contributed by atoms with Crippen LogP contribution in [0.4, 0.5) is 5.69 Å². The van der Waals surface area contributed by atoms with Crippen LogP contribution in [0.3, 0.4) is 0 Å². The summed E-state index contributed by atoms with van der Waals surface area (Å²) in [5.74, 6) is 0. The fraction of sp³-hybridized carbons (Fsp3) is 0.300. The number of sulfone groups is 1. The molecule has 0 aliphatic rings. The van der Waals surface area contributed by atoms with Gasteiger partial charge in [-0.2, -0.15) is 0 Å². The van der Waals surface area contributed by atoms with Crippen molar-refractivity contribution in [3.05, 3.63) is 39.9 Å². The molecule has 1 aromatic rings. The second-order valence-corrected chi connectivity index (χ2v) is 6.02. The summed E-state index contributed by atoms with van der Waals surface area (Å²) in [6.07, 6.45) is 0.893. The number of aliphatic hydroxyl groups excluding tert-OH is 1. The first kappa shape index (κ1) is 15.1. The molecule has 0 saturated carbocycles. The maximum atomic E-state index is 11.5. The molecule has 0 amide bonds. The number of benzene rings is 1. The number of oxime groups is 1. The molecule has 1 rings (SSSR count). The Morgan fingerprint density at radius 1 is 1.42 bits per heavy atom. The smallest absolute Gasteiger partial charge is 0.269 e. The van der Waals surface area contributed by atoms with Crippen LogP contribution in [0.5, 0.6) is 0 Å². The average molecular weight is 288 g/mol. The van der Waals surface area contributed by atoms with Gasteiger partial charge < -0.3 is 10.3 Å². The molecule has 0 aromatic heterocycles. The average Bonchev–Trinajstić information content (AvgIpc) is 2.34. The Labute approximate surface area is 109 Å². The molecule has 8 nitrogen and oxygen atoms in total. The first-order valence-corrected chi connectivity index (χ1v) is 7.03. The zero-order valence-corrected chi connectivity index (χ0v) is 10.7. The maximum Gasteiger partial charge on any atom is 0.269 e. The molecule has 9 heteroatoms. The van der Waals surface area contributed by atoms with E-state index in [1.165, 1.54) is 12.1 Å². The van der Waals surface area contributed by atoms with E-state index in [4.69, 9.17) is 10.3 Å². The lowest BCUT2D eigenvalue weighted by molar-refractivity contribution is -0.384. The molecule has 104 valence electrons. The summed E-state index contributed by atoms with van der Waals surface area (Å²) in [4.78, 5) is 9.88. The van der Waals surface area contributed by atoms with Gasteiger partial charge >= 0.3 is 0 Å². The summed E-state index contributed by atoms with van der Waals surface area (Å²) in [5.41, 5.74) is -0.265. The SMILES string of the molecule is CS(=O)(=O)[C@H](CO)/C(=N\O)c1ccc([N+](=O)[O-])cc1. The molecule has 0 heterocycles. The van der Waals surface area contributed by atoms with Gasteiger partial charge in [-0.3, -0.25) is 10.1 Å². The molecule has 0 spiro atoms. The number of hydrogen-bond acceptors (Lipinski definition) is 7. The van der Waals surface area contributed by atoms with E-state index < -0.39 is 26.6 Å². The number of nitro benzene ring substituents is 1. The van der Waals surface area contributed by atoms with E-state index in [0.717, 1.165) is 18.4 Å². The van der Waals surface area contributed by atoms with Gasteiger partial charge in [-0.25, -0.2) is 8.42 Å². The van der Waals surface area contributed by atoms with Crippen molar-refractivity contribution in [1.29, 1.82) is 0 Å². The van der Waals surface area contributed by atoms with Crippen LogP contribution in [0.1, 0.15) is 5.56 Å².